The average Bonchev–Trinajstić information content (AvgIpc) is 3.23. The number of hydrogen-bond donors (Lipinski definition) is 0. The maximum absolute atomic E-state index is 6.00. The van der Waals surface area contributed by atoms with Crippen molar-refractivity contribution in [3.63, 3.8) is 0 Å². The van der Waals surface area contributed by atoms with E-state index in [2.05, 4.69) is 31.2 Å². The first-order valence-electron chi connectivity index (χ1n) is 9.29. The number of aromatic nitrogens is 2. The van der Waals surface area contributed by atoms with E-state index in [0.717, 1.165) is 27.8 Å². The Balaban J connectivity index is 1.64. The Labute approximate surface area is 171 Å². The van der Waals surface area contributed by atoms with E-state index in [4.69, 9.17) is 19.4 Å². The van der Waals surface area contributed by atoms with Crippen LogP contribution in [-0.2, 0) is 0 Å². The zero-order valence-electron chi connectivity index (χ0n) is 15.7. The Morgan fingerprint density at radius 1 is 0.793 bits per heavy atom. The molecule has 2 aromatic heterocycles. The number of hydrogen-bond acceptors (Lipinski definition) is 5. The first-order valence-corrected chi connectivity index (χ1v) is 10.2. The lowest BCUT2D eigenvalue weighted by Crippen LogP contribution is -1.95. The Bertz CT molecular complexity index is 1350. The number of rotatable bonds is 3. The van der Waals surface area contributed by atoms with Crippen molar-refractivity contribution >= 4 is 28.1 Å². The van der Waals surface area contributed by atoms with Crippen LogP contribution >= 0.6 is 11.3 Å². The van der Waals surface area contributed by atoms with Crippen LogP contribution in [0.1, 0.15) is 5.56 Å². The summed E-state index contributed by atoms with van der Waals surface area (Å²) < 4.78 is 6.00. The van der Waals surface area contributed by atoms with Gasteiger partial charge >= 0.3 is 0 Å². The smallest absolute Gasteiger partial charge is 0.280 e. The Kier molecular flexibility index (Phi) is 4.50. The van der Waals surface area contributed by atoms with Crippen LogP contribution in [0.4, 0.5) is 5.82 Å². The van der Waals surface area contributed by atoms with Crippen molar-refractivity contribution in [2.75, 3.05) is 0 Å². The molecule has 0 aliphatic rings. The third-order valence-electron chi connectivity index (χ3n) is 4.61. The molecule has 0 amide bonds. The standard InChI is InChI=1S/C24H17N3OS/c1-16-11-13-17(14-12-16)21-15-29-24(28-21)27-23-19-9-5-6-10-20(19)25-22(26-23)18-7-3-2-4-8-18/h2-15H,1H3. The van der Waals surface area contributed by atoms with E-state index in [1.54, 1.807) is 0 Å². The first kappa shape index (κ1) is 17.5. The van der Waals surface area contributed by atoms with Gasteiger partial charge in [-0.3, -0.25) is 0 Å². The number of aryl methyl sites for hydroxylation is 1. The molecule has 0 saturated carbocycles. The number of nitrogens with zero attached hydrogens (tertiary/aromatic N) is 3. The van der Waals surface area contributed by atoms with Gasteiger partial charge in [-0.2, -0.15) is 4.99 Å². The number of benzene rings is 3. The largest absolute Gasteiger partial charge is 0.429 e. The van der Waals surface area contributed by atoms with Crippen molar-refractivity contribution < 1.29 is 4.42 Å². The summed E-state index contributed by atoms with van der Waals surface area (Å²) in [6.07, 6.45) is 0. The maximum Gasteiger partial charge on any atom is 0.280 e. The highest BCUT2D eigenvalue weighted by molar-refractivity contribution is 7.07. The van der Waals surface area contributed by atoms with E-state index >= 15 is 0 Å². The van der Waals surface area contributed by atoms with Gasteiger partial charge in [0.1, 0.15) is 5.76 Å². The van der Waals surface area contributed by atoms with E-state index in [1.807, 2.05) is 60.0 Å². The molecule has 0 atom stereocenters. The highest BCUT2D eigenvalue weighted by Gasteiger charge is 2.09. The molecule has 3 aromatic carbocycles. The molecule has 5 rings (SSSR count). The van der Waals surface area contributed by atoms with E-state index in [-0.39, 0.29) is 0 Å². The molecule has 0 aliphatic carbocycles. The van der Waals surface area contributed by atoms with E-state index in [1.165, 1.54) is 16.9 Å². The van der Waals surface area contributed by atoms with E-state index in [0.29, 0.717) is 16.5 Å². The van der Waals surface area contributed by atoms with Crippen molar-refractivity contribution in [3.05, 3.63) is 94.7 Å². The molecule has 140 valence electrons. The van der Waals surface area contributed by atoms with Gasteiger partial charge in [0.15, 0.2) is 11.6 Å². The van der Waals surface area contributed by atoms with Crippen LogP contribution in [-0.4, -0.2) is 9.97 Å². The van der Waals surface area contributed by atoms with Crippen LogP contribution < -0.4 is 4.87 Å². The summed E-state index contributed by atoms with van der Waals surface area (Å²) in [6.45, 7) is 2.07. The molecule has 0 spiro atoms. The van der Waals surface area contributed by atoms with Crippen molar-refractivity contribution in [1.29, 1.82) is 0 Å². The van der Waals surface area contributed by atoms with Crippen LogP contribution in [0.25, 0.3) is 33.6 Å². The molecule has 0 aliphatic heterocycles. The Morgan fingerprint density at radius 2 is 1.55 bits per heavy atom. The summed E-state index contributed by atoms with van der Waals surface area (Å²) in [4.78, 5) is 14.7. The molecule has 2 heterocycles. The molecule has 0 unspecified atom stereocenters. The van der Waals surface area contributed by atoms with Crippen LogP contribution in [0.3, 0.4) is 0 Å². The van der Waals surface area contributed by atoms with Gasteiger partial charge in [-0.25, -0.2) is 9.97 Å². The third kappa shape index (κ3) is 3.60. The first-order chi connectivity index (χ1) is 14.3. The van der Waals surface area contributed by atoms with Gasteiger partial charge in [0, 0.05) is 21.9 Å². The van der Waals surface area contributed by atoms with E-state index < -0.39 is 0 Å². The van der Waals surface area contributed by atoms with Crippen LogP contribution in [0.15, 0.2) is 93.7 Å². The Morgan fingerprint density at radius 3 is 2.38 bits per heavy atom. The zero-order chi connectivity index (χ0) is 19.6. The fourth-order valence-electron chi connectivity index (χ4n) is 3.09. The van der Waals surface area contributed by atoms with Crippen LogP contribution in [0.5, 0.6) is 0 Å². The quantitative estimate of drug-likeness (QED) is 0.368. The highest BCUT2D eigenvalue weighted by atomic mass is 32.1. The summed E-state index contributed by atoms with van der Waals surface area (Å²) in [6, 6.07) is 26.1. The number of para-hydroxylation sites is 1. The fourth-order valence-corrected chi connectivity index (χ4v) is 3.76. The second kappa shape index (κ2) is 7.45. The van der Waals surface area contributed by atoms with Crippen molar-refractivity contribution in [1.82, 2.24) is 9.97 Å². The molecule has 0 bridgehead atoms. The Hall–Kier alpha value is -3.57. The molecular formula is C24H17N3OS. The predicted molar refractivity (Wildman–Crippen MR) is 117 cm³/mol. The van der Waals surface area contributed by atoms with Crippen LogP contribution in [0.2, 0.25) is 0 Å². The van der Waals surface area contributed by atoms with E-state index in [9.17, 15) is 0 Å². The monoisotopic (exact) mass is 395 g/mol. The molecule has 5 aromatic rings. The van der Waals surface area contributed by atoms with Gasteiger partial charge in [0.2, 0.25) is 0 Å². The van der Waals surface area contributed by atoms with Gasteiger partial charge in [0.05, 0.1) is 5.52 Å². The molecule has 0 radical (unpaired) electrons. The minimum absolute atomic E-state index is 0.559. The predicted octanol–water partition coefficient (Wildman–Crippen LogP) is 6.16. The third-order valence-corrected chi connectivity index (χ3v) is 5.32. The normalized spacial score (nSPS) is 11.8. The van der Waals surface area contributed by atoms with Gasteiger partial charge in [-0.05, 0) is 19.1 Å². The van der Waals surface area contributed by atoms with Crippen molar-refractivity contribution in [2.24, 2.45) is 4.99 Å². The maximum atomic E-state index is 6.00. The zero-order valence-corrected chi connectivity index (χ0v) is 16.6. The summed E-state index contributed by atoms with van der Waals surface area (Å²) >= 11 is 1.46. The topological polar surface area (TPSA) is 51.3 Å². The van der Waals surface area contributed by atoms with Crippen LogP contribution in [0, 0.1) is 6.92 Å². The van der Waals surface area contributed by atoms with Crippen molar-refractivity contribution in [2.45, 2.75) is 6.92 Å². The lowest BCUT2D eigenvalue weighted by Gasteiger charge is -2.05. The van der Waals surface area contributed by atoms with Gasteiger partial charge in [-0.15, -0.1) is 0 Å². The lowest BCUT2D eigenvalue weighted by atomic mass is 10.1. The second-order valence-corrected chi connectivity index (χ2v) is 7.52. The number of fused-ring (bicyclic) bond motifs is 1. The average molecular weight is 395 g/mol. The fraction of sp³-hybridized carbons (Fsp3) is 0.0417. The molecule has 0 N–H and O–H groups in total. The SMILES string of the molecule is Cc1ccc(-c2csc(=Nc3nc(-c4ccccc4)nc4ccccc34)o2)cc1. The minimum Gasteiger partial charge on any atom is -0.429 e. The highest BCUT2D eigenvalue weighted by Crippen LogP contribution is 2.27. The summed E-state index contributed by atoms with van der Waals surface area (Å²) in [7, 11) is 0. The molecule has 4 nitrogen and oxygen atoms in total. The summed E-state index contributed by atoms with van der Waals surface area (Å²) in [5.74, 6) is 2.06. The van der Waals surface area contributed by atoms with Gasteiger partial charge < -0.3 is 4.42 Å². The minimum atomic E-state index is 0.559. The molecule has 0 fully saturated rings. The van der Waals surface area contributed by atoms with Gasteiger partial charge in [-0.1, -0.05) is 83.6 Å². The van der Waals surface area contributed by atoms with Gasteiger partial charge in [0.25, 0.3) is 4.87 Å². The molecule has 5 heteroatoms. The molecule has 0 saturated heterocycles. The lowest BCUT2D eigenvalue weighted by molar-refractivity contribution is 0.538. The molecular weight excluding hydrogens is 378 g/mol. The van der Waals surface area contributed by atoms with Crippen molar-refractivity contribution in [3.8, 4) is 22.7 Å². The summed E-state index contributed by atoms with van der Waals surface area (Å²) in [5, 5.41) is 2.87. The molecule has 29 heavy (non-hydrogen) atoms. The second-order valence-electron chi connectivity index (χ2n) is 6.70. The summed E-state index contributed by atoms with van der Waals surface area (Å²) in [5.41, 5.74) is 4.06.